The van der Waals surface area contributed by atoms with E-state index in [1.165, 1.54) is 22.5 Å². The Kier molecular flexibility index (Phi) is 7.67. The molecular formula is C18H25N3O5S2. The Bertz CT molecular complexity index is 829. The first kappa shape index (κ1) is 22.4. The van der Waals surface area contributed by atoms with E-state index in [9.17, 15) is 18.3 Å². The molecule has 1 saturated heterocycles. The molecule has 2 rings (SSSR count). The third-order valence-corrected chi connectivity index (χ3v) is 6.12. The summed E-state index contributed by atoms with van der Waals surface area (Å²) in [4.78, 5) is 12.1. The lowest BCUT2D eigenvalue weighted by molar-refractivity contribution is -0.115. The number of hydrogen-bond donors (Lipinski definition) is 3. The highest BCUT2D eigenvalue weighted by Gasteiger charge is 2.26. The number of ether oxygens (including phenoxy) is 1. The van der Waals surface area contributed by atoms with Gasteiger partial charge in [-0.1, -0.05) is 12.1 Å². The molecule has 8 nitrogen and oxygen atoms in total. The normalized spacial score (nSPS) is 16.1. The van der Waals surface area contributed by atoms with E-state index in [1.54, 1.807) is 32.1 Å². The van der Waals surface area contributed by atoms with Crippen molar-refractivity contribution in [3.63, 3.8) is 0 Å². The maximum atomic E-state index is 12.6. The van der Waals surface area contributed by atoms with Crippen LogP contribution >= 0.6 is 12.2 Å². The van der Waals surface area contributed by atoms with Gasteiger partial charge in [-0.15, -0.1) is 0 Å². The van der Waals surface area contributed by atoms with Crippen molar-refractivity contribution in [3.8, 4) is 0 Å². The number of nitrogens with zero attached hydrogens (tertiary/aromatic N) is 1. The molecule has 0 aromatic heterocycles. The third kappa shape index (κ3) is 6.35. The molecule has 154 valence electrons. The summed E-state index contributed by atoms with van der Waals surface area (Å²) in [6.45, 7) is 4.80. The number of sulfonamides is 1. The number of hydrogen-bond acceptors (Lipinski definition) is 6. The van der Waals surface area contributed by atoms with Crippen LogP contribution in [0.5, 0.6) is 0 Å². The number of carbonyl (C=O) groups excluding carboxylic acids is 1. The average molecular weight is 428 g/mol. The van der Waals surface area contributed by atoms with E-state index in [4.69, 9.17) is 17.0 Å². The molecule has 0 unspecified atom stereocenters. The second kappa shape index (κ2) is 9.57. The fraction of sp³-hybridized carbons (Fsp3) is 0.444. The van der Waals surface area contributed by atoms with Crippen molar-refractivity contribution < 1.29 is 23.1 Å². The number of carbonyl (C=O) groups is 1. The van der Waals surface area contributed by atoms with Crippen LogP contribution in [0.1, 0.15) is 19.4 Å². The smallest absolute Gasteiger partial charge is 0.250 e. The van der Waals surface area contributed by atoms with Crippen molar-refractivity contribution >= 4 is 39.3 Å². The molecule has 1 aliphatic rings. The van der Waals surface area contributed by atoms with Gasteiger partial charge >= 0.3 is 0 Å². The standard InChI is InChI=1S/C18H25N3O5S2/c1-18(2,13-22)20-17(27)19-16(23)8-5-14-3-6-15(7-4-14)28(24,25)21-9-11-26-12-10-21/h3-8,22H,9-13H2,1-2H3,(H2,19,20,23,27)/b8-5+. The summed E-state index contributed by atoms with van der Waals surface area (Å²) in [6.07, 6.45) is 2.85. The minimum atomic E-state index is -3.54. The van der Waals surface area contributed by atoms with Gasteiger partial charge in [0, 0.05) is 19.2 Å². The lowest BCUT2D eigenvalue weighted by atomic mass is 10.1. The molecule has 3 N–H and O–H groups in total. The van der Waals surface area contributed by atoms with Crippen LogP contribution in [-0.2, 0) is 19.6 Å². The highest BCUT2D eigenvalue weighted by atomic mass is 32.2. The maximum Gasteiger partial charge on any atom is 0.250 e. The Morgan fingerprint density at radius 1 is 1.29 bits per heavy atom. The lowest BCUT2D eigenvalue weighted by Gasteiger charge is -2.26. The number of benzene rings is 1. The van der Waals surface area contributed by atoms with Gasteiger partial charge in [0.05, 0.1) is 30.3 Å². The molecule has 1 aliphatic heterocycles. The minimum absolute atomic E-state index is 0.112. The van der Waals surface area contributed by atoms with Gasteiger partial charge in [0.1, 0.15) is 0 Å². The van der Waals surface area contributed by atoms with Crippen molar-refractivity contribution in [2.45, 2.75) is 24.3 Å². The molecule has 1 aromatic rings. The van der Waals surface area contributed by atoms with Crippen LogP contribution in [0.15, 0.2) is 35.2 Å². The largest absolute Gasteiger partial charge is 0.394 e. The van der Waals surface area contributed by atoms with E-state index in [0.717, 1.165) is 0 Å². The SMILES string of the molecule is CC(C)(CO)NC(=S)NC(=O)/C=C/c1ccc(S(=O)(=O)N2CCOCC2)cc1. The maximum absolute atomic E-state index is 12.6. The van der Waals surface area contributed by atoms with Crippen LogP contribution in [-0.4, -0.2) is 67.3 Å². The first-order valence-corrected chi connectivity index (χ1v) is 10.6. The summed E-state index contributed by atoms with van der Waals surface area (Å²) in [7, 11) is -3.54. The van der Waals surface area contributed by atoms with Crippen LogP contribution in [0.4, 0.5) is 0 Å². The van der Waals surface area contributed by atoms with Crippen LogP contribution in [0, 0.1) is 0 Å². The first-order chi connectivity index (χ1) is 13.1. The summed E-state index contributed by atoms with van der Waals surface area (Å²) in [5.74, 6) is -0.434. The molecule has 0 atom stereocenters. The summed E-state index contributed by atoms with van der Waals surface area (Å²) < 4.78 is 31.7. The van der Waals surface area contributed by atoms with E-state index in [2.05, 4.69) is 10.6 Å². The second-order valence-electron chi connectivity index (χ2n) is 6.90. The zero-order valence-corrected chi connectivity index (χ0v) is 17.5. The first-order valence-electron chi connectivity index (χ1n) is 8.74. The van der Waals surface area contributed by atoms with Crippen molar-refractivity contribution in [3.05, 3.63) is 35.9 Å². The number of aliphatic hydroxyl groups is 1. The molecule has 1 amide bonds. The van der Waals surface area contributed by atoms with E-state index < -0.39 is 21.5 Å². The Hall–Kier alpha value is -1.85. The van der Waals surface area contributed by atoms with E-state index in [1.807, 2.05) is 0 Å². The predicted octanol–water partition coefficient (Wildman–Crippen LogP) is 0.482. The van der Waals surface area contributed by atoms with Crippen LogP contribution in [0.2, 0.25) is 0 Å². The summed E-state index contributed by atoms with van der Waals surface area (Å²) in [5.41, 5.74) is 0.0289. The van der Waals surface area contributed by atoms with Crippen molar-refractivity contribution in [1.82, 2.24) is 14.9 Å². The Morgan fingerprint density at radius 3 is 2.46 bits per heavy atom. The van der Waals surface area contributed by atoms with E-state index >= 15 is 0 Å². The molecule has 1 fully saturated rings. The topological polar surface area (TPSA) is 108 Å². The number of rotatable bonds is 6. The van der Waals surface area contributed by atoms with Gasteiger partial charge in [-0.3, -0.25) is 10.1 Å². The molecule has 1 heterocycles. The number of nitrogens with one attached hydrogen (secondary N) is 2. The van der Waals surface area contributed by atoms with Gasteiger partial charge in [0.25, 0.3) is 0 Å². The average Bonchev–Trinajstić information content (AvgIpc) is 2.67. The quantitative estimate of drug-likeness (QED) is 0.448. The molecule has 0 aliphatic carbocycles. The van der Waals surface area contributed by atoms with Gasteiger partial charge in [-0.2, -0.15) is 4.31 Å². The van der Waals surface area contributed by atoms with Gasteiger partial charge in [0.15, 0.2) is 5.11 Å². The van der Waals surface area contributed by atoms with E-state index in [-0.39, 0.29) is 16.6 Å². The number of morpholine rings is 1. The monoisotopic (exact) mass is 427 g/mol. The Morgan fingerprint density at radius 2 is 1.89 bits per heavy atom. The fourth-order valence-electron chi connectivity index (χ4n) is 2.39. The van der Waals surface area contributed by atoms with Crippen molar-refractivity contribution in [2.24, 2.45) is 0 Å². The zero-order valence-electron chi connectivity index (χ0n) is 15.8. The van der Waals surface area contributed by atoms with Gasteiger partial charge in [-0.05, 0) is 49.8 Å². The molecule has 0 bridgehead atoms. The zero-order chi connectivity index (χ0) is 20.8. The minimum Gasteiger partial charge on any atom is -0.394 e. The second-order valence-corrected chi connectivity index (χ2v) is 9.25. The predicted molar refractivity (Wildman–Crippen MR) is 110 cm³/mol. The summed E-state index contributed by atoms with van der Waals surface area (Å²) in [6, 6.07) is 6.28. The Labute approximate surface area is 170 Å². The molecule has 10 heteroatoms. The molecular weight excluding hydrogens is 402 g/mol. The third-order valence-electron chi connectivity index (χ3n) is 4.00. The van der Waals surface area contributed by atoms with Crippen molar-refractivity contribution in [2.75, 3.05) is 32.9 Å². The van der Waals surface area contributed by atoms with Crippen LogP contribution < -0.4 is 10.6 Å². The van der Waals surface area contributed by atoms with E-state index in [0.29, 0.717) is 31.9 Å². The van der Waals surface area contributed by atoms with Crippen LogP contribution in [0.3, 0.4) is 0 Å². The highest BCUT2D eigenvalue weighted by molar-refractivity contribution is 7.89. The highest BCUT2D eigenvalue weighted by Crippen LogP contribution is 2.18. The van der Waals surface area contributed by atoms with Gasteiger partial charge in [-0.25, -0.2) is 8.42 Å². The van der Waals surface area contributed by atoms with Gasteiger partial charge < -0.3 is 15.2 Å². The molecule has 1 aromatic carbocycles. The number of amides is 1. The van der Waals surface area contributed by atoms with Gasteiger partial charge in [0.2, 0.25) is 15.9 Å². The fourth-order valence-corrected chi connectivity index (χ4v) is 4.18. The van der Waals surface area contributed by atoms with Crippen molar-refractivity contribution in [1.29, 1.82) is 0 Å². The molecule has 0 spiro atoms. The molecule has 28 heavy (non-hydrogen) atoms. The van der Waals surface area contributed by atoms with Crippen LogP contribution in [0.25, 0.3) is 6.08 Å². The lowest BCUT2D eigenvalue weighted by Crippen LogP contribution is -2.51. The molecule has 0 saturated carbocycles. The number of aliphatic hydroxyl groups excluding tert-OH is 1. The summed E-state index contributed by atoms with van der Waals surface area (Å²) >= 11 is 5.03. The summed E-state index contributed by atoms with van der Waals surface area (Å²) in [5, 5.41) is 14.6. The molecule has 0 radical (unpaired) electrons. The Balaban J connectivity index is 1.96. The number of thiocarbonyl (C=S) groups is 1.